The smallest absolute Gasteiger partial charge is 0.317 e. The average Bonchev–Trinajstić information content (AvgIpc) is 2.42. The van der Waals surface area contributed by atoms with Crippen LogP contribution in [0.4, 0.5) is 0 Å². The summed E-state index contributed by atoms with van der Waals surface area (Å²) in [4.78, 5) is 33.0. The second-order valence-electron chi connectivity index (χ2n) is 3.80. The lowest BCUT2D eigenvalue weighted by molar-refractivity contribution is -0.153. The molecule has 0 amide bonds. The maximum absolute atomic E-state index is 11.2. The monoisotopic (exact) mass is 198 g/mol. The summed E-state index contributed by atoms with van der Waals surface area (Å²) in [5, 5.41) is 8.77. The highest BCUT2D eigenvalue weighted by Crippen LogP contribution is 2.39. The molecule has 2 rings (SSSR count). The molecular weight excluding hydrogens is 188 g/mol. The average molecular weight is 198 g/mol. The Morgan fingerprint density at radius 1 is 1.21 bits per heavy atom. The van der Waals surface area contributed by atoms with Crippen molar-refractivity contribution in [1.82, 2.24) is 0 Å². The molecule has 1 heterocycles. The summed E-state index contributed by atoms with van der Waals surface area (Å²) in [6.45, 7) is 0. The molecule has 1 aliphatic heterocycles. The van der Waals surface area contributed by atoms with Gasteiger partial charge in [0.2, 0.25) is 0 Å². The topological polar surface area (TPSA) is 80.7 Å². The highest BCUT2D eigenvalue weighted by atomic mass is 16.6. The number of ether oxygens (including phenoxy) is 1. The van der Waals surface area contributed by atoms with Crippen molar-refractivity contribution in [2.45, 2.75) is 19.3 Å². The Balaban J connectivity index is 2.13. The predicted octanol–water partition coefficient (Wildman–Crippen LogP) is 0.187. The van der Waals surface area contributed by atoms with Gasteiger partial charge < -0.3 is 9.84 Å². The van der Waals surface area contributed by atoms with E-state index in [9.17, 15) is 14.4 Å². The van der Waals surface area contributed by atoms with Gasteiger partial charge >= 0.3 is 17.9 Å². The Kier molecular flexibility index (Phi) is 2.02. The standard InChI is InChI=1S/C9H10O5/c10-7(11)4-1-2-5-6(3-4)9(13)14-8(5)12/h4-6H,1-3H2,(H,10,11)/t4-,5+,6-/m1/s1. The summed E-state index contributed by atoms with van der Waals surface area (Å²) in [5.74, 6) is -3.34. The lowest BCUT2D eigenvalue weighted by Gasteiger charge is -2.24. The molecule has 0 unspecified atom stereocenters. The van der Waals surface area contributed by atoms with Crippen LogP contribution < -0.4 is 0 Å². The van der Waals surface area contributed by atoms with Gasteiger partial charge in [0.05, 0.1) is 17.8 Å². The highest BCUT2D eigenvalue weighted by molar-refractivity contribution is 5.96. The molecule has 0 aromatic heterocycles. The zero-order chi connectivity index (χ0) is 10.3. The Labute approximate surface area is 80.0 Å². The Morgan fingerprint density at radius 2 is 1.86 bits per heavy atom. The van der Waals surface area contributed by atoms with E-state index in [2.05, 4.69) is 4.74 Å². The van der Waals surface area contributed by atoms with E-state index in [1.165, 1.54) is 0 Å². The number of rotatable bonds is 1. The molecule has 2 fully saturated rings. The molecule has 1 N–H and O–H groups in total. The third-order valence-corrected chi connectivity index (χ3v) is 3.01. The van der Waals surface area contributed by atoms with Crippen molar-refractivity contribution < 1.29 is 24.2 Å². The van der Waals surface area contributed by atoms with Gasteiger partial charge in [-0.1, -0.05) is 0 Å². The van der Waals surface area contributed by atoms with Crippen LogP contribution in [0.1, 0.15) is 19.3 Å². The van der Waals surface area contributed by atoms with E-state index in [-0.39, 0.29) is 6.42 Å². The van der Waals surface area contributed by atoms with Crippen molar-refractivity contribution in [3.05, 3.63) is 0 Å². The van der Waals surface area contributed by atoms with Crippen LogP contribution in [0, 0.1) is 17.8 Å². The zero-order valence-corrected chi connectivity index (χ0v) is 7.43. The maximum atomic E-state index is 11.2. The molecule has 1 saturated carbocycles. The van der Waals surface area contributed by atoms with Gasteiger partial charge in [-0.05, 0) is 19.3 Å². The first-order chi connectivity index (χ1) is 6.59. The van der Waals surface area contributed by atoms with E-state index in [4.69, 9.17) is 5.11 Å². The fraction of sp³-hybridized carbons (Fsp3) is 0.667. The first kappa shape index (κ1) is 9.18. The molecule has 0 aromatic carbocycles. The quantitative estimate of drug-likeness (QED) is 0.480. The van der Waals surface area contributed by atoms with E-state index in [1.54, 1.807) is 0 Å². The Hall–Kier alpha value is -1.39. The first-order valence-corrected chi connectivity index (χ1v) is 4.58. The normalized spacial score (nSPS) is 36.4. The molecule has 1 aliphatic carbocycles. The molecule has 1 saturated heterocycles. The second-order valence-corrected chi connectivity index (χ2v) is 3.80. The van der Waals surface area contributed by atoms with Crippen LogP contribution >= 0.6 is 0 Å². The minimum atomic E-state index is -0.893. The Bertz CT molecular complexity index is 308. The summed E-state index contributed by atoms with van der Waals surface area (Å²) in [7, 11) is 0. The van der Waals surface area contributed by atoms with Crippen LogP contribution in [0.5, 0.6) is 0 Å². The van der Waals surface area contributed by atoms with Crippen molar-refractivity contribution in [2.75, 3.05) is 0 Å². The van der Waals surface area contributed by atoms with Gasteiger partial charge in [-0.25, -0.2) is 0 Å². The van der Waals surface area contributed by atoms with Gasteiger partial charge in [-0.15, -0.1) is 0 Å². The van der Waals surface area contributed by atoms with Crippen molar-refractivity contribution in [1.29, 1.82) is 0 Å². The zero-order valence-electron chi connectivity index (χ0n) is 7.43. The van der Waals surface area contributed by atoms with Crippen molar-refractivity contribution in [3.63, 3.8) is 0 Å². The van der Waals surface area contributed by atoms with E-state index in [0.29, 0.717) is 12.8 Å². The maximum Gasteiger partial charge on any atom is 0.317 e. The fourth-order valence-electron chi connectivity index (χ4n) is 2.19. The van der Waals surface area contributed by atoms with Crippen LogP contribution in [-0.2, 0) is 19.1 Å². The van der Waals surface area contributed by atoms with Crippen LogP contribution in [0.2, 0.25) is 0 Å². The van der Waals surface area contributed by atoms with Gasteiger partial charge in [0.15, 0.2) is 0 Å². The van der Waals surface area contributed by atoms with E-state index in [1.807, 2.05) is 0 Å². The molecule has 14 heavy (non-hydrogen) atoms. The van der Waals surface area contributed by atoms with E-state index in [0.717, 1.165) is 0 Å². The molecule has 76 valence electrons. The SMILES string of the molecule is O=C(O)[C@@H]1CC[C@@H]2C(=O)OC(=O)[C@@H]2C1. The molecule has 2 aliphatic rings. The molecular formula is C9H10O5. The van der Waals surface area contributed by atoms with Crippen LogP contribution in [0.15, 0.2) is 0 Å². The molecule has 0 radical (unpaired) electrons. The summed E-state index contributed by atoms with van der Waals surface area (Å²) in [5.41, 5.74) is 0. The number of aliphatic carboxylic acids is 1. The van der Waals surface area contributed by atoms with Crippen molar-refractivity contribution >= 4 is 17.9 Å². The van der Waals surface area contributed by atoms with Gasteiger partial charge in [0.25, 0.3) is 0 Å². The van der Waals surface area contributed by atoms with Crippen LogP contribution in [0.3, 0.4) is 0 Å². The summed E-state index contributed by atoms with van der Waals surface area (Å²) in [6, 6.07) is 0. The lowest BCUT2D eigenvalue weighted by Crippen LogP contribution is -2.30. The van der Waals surface area contributed by atoms with E-state index >= 15 is 0 Å². The van der Waals surface area contributed by atoms with Gasteiger partial charge in [0.1, 0.15) is 0 Å². The first-order valence-electron chi connectivity index (χ1n) is 4.58. The minimum Gasteiger partial charge on any atom is -0.481 e. The highest BCUT2D eigenvalue weighted by Gasteiger charge is 2.48. The number of cyclic esters (lactones) is 2. The molecule has 5 nitrogen and oxygen atoms in total. The summed E-state index contributed by atoms with van der Waals surface area (Å²) >= 11 is 0. The number of fused-ring (bicyclic) bond motifs is 1. The van der Waals surface area contributed by atoms with Gasteiger partial charge in [-0.3, -0.25) is 14.4 Å². The van der Waals surface area contributed by atoms with Crippen LogP contribution in [-0.4, -0.2) is 23.0 Å². The summed E-state index contributed by atoms with van der Waals surface area (Å²) in [6.07, 6.45) is 1.15. The number of esters is 2. The summed E-state index contributed by atoms with van der Waals surface area (Å²) < 4.78 is 4.47. The largest absolute Gasteiger partial charge is 0.481 e. The third-order valence-electron chi connectivity index (χ3n) is 3.01. The lowest BCUT2D eigenvalue weighted by atomic mass is 9.75. The number of carboxylic acid groups (broad SMARTS) is 1. The number of hydrogen-bond donors (Lipinski definition) is 1. The third kappa shape index (κ3) is 1.29. The number of carbonyl (C=O) groups is 3. The van der Waals surface area contributed by atoms with E-state index < -0.39 is 35.7 Å². The fourth-order valence-corrected chi connectivity index (χ4v) is 2.19. The van der Waals surface area contributed by atoms with Crippen molar-refractivity contribution in [2.24, 2.45) is 17.8 Å². The number of hydrogen-bond acceptors (Lipinski definition) is 4. The van der Waals surface area contributed by atoms with Gasteiger partial charge in [-0.2, -0.15) is 0 Å². The number of carboxylic acids is 1. The molecule has 0 aromatic rings. The minimum absolute atomic E-state index is 0.241. The van der Waals surface area contributed by atoms with Gasteiger partial charge in [0, 0.05) is 0 Å². The molecule has 5 heteroatoms. The molecule has 0 spiro atoms. The van der Waals surface area contributed by atoms with Crippen molar-refractivity contribution in [3.8, 4) is 0 Å². The molecule has 3 atom stereocenters. The molecule has 0 bridgehead atoms. The number of carbonyl (C=O) groups excluding carboxylic acids is 2. The Morgan fingerprint density at radius 3 is 2.50 bits per heavy atom. The predicted molar refractivity (Wildman–Crippen MR) is 43.1 cm³/mol. The second kappa shape index (κ2) is 3.08. The van der Waals surface area contributed by atoms with Crippen LogP contribution in [0.25, 0.3) is 0 Å².